The Morgan fingerprint density at radius 2 is 1.54 bits per heavy atom. The van der Waals surface area contributed by atoms with E-state index in [1.54, 1.807) is 0 Å². The van der Waals surface area contributed by atoms with Crippen LogP contribution in [-0.4, -0.2) is 61.0 Å². The molecule has 1 amide bonds. The van der Waals surface area contributed by atoms with E-state index < -0.39 is 54.5 Å². The zero-order valence-electron chi connectivity index (χ0n) is 14.7. The number of nitrogens with zero attached hydrogens (tertiary/aromatic N) is 3. The fourth-order valence-electron chi connectivity index (χ4n) is 2.49. The van der Waals surface area contributed by atoms with E-state index in [1.165, 1.54) is 6.92 Å². The molecule has 144 valence electrons. The Kier molecular flexibility index (Phi) is 7.81. The van der Waals surface area contributed by atoms with Gasteiger partial charge in [-0.1, -0.05) is 5.11 Å². The molecular formula is C14H20N4O8. The van der Waals surface area contributed by atoms with Crippen LogP contribution in [0.3, 0.4) is 0 Å². The zero-order chi connectivity index (χ0) is 19.9. The summed E-state index contributed by atoms with van der Waals surface area (Å²) < 4.78 is 21.0. The van der Waals surface area contributed by atoms with Crippen molar-refractivity contribution in [2.45, 2.75) is 58.3 Å². The lowest BCUT2D eigenvalue weighted by Crippen LogP contribution is -2.66. The van der Waals surface area contributed by atoms with Gasteiger partial charge in [-0.05, 0) is 5.53 Å². The Morgan fingerprint density at radius 1 is 1.00 bits per heavy atom. The van der Waals surface area contributed by atoms with Crippen molar-refractivity contribution in [1.29, 1.82) is 0 Å². The number of nitrogens with one attached hydrogen (secondary N) is 1. The molecule has 1 aliphatic heterocycles. The first kappa shape index (κ1) is 21.2. The minimum absolute atomic E-state index is 0.295. The molecule has 1 saturated heterocycles. The van der Waals surface area contributed by atoms with Crippen LogP contribution in [0, 0.1) is 0 Å². The van der Waals surface area contributed by atoms with E-state index in [4.69, 9.17) is 24.5 Å². The SMILES string of the molecule is CC(=O)N[C@H]1C(OC(C)=O)[C@H](OC(C)=O)C(CN=[N+]=[N-])O[C@H]1OC(C)=O. The molecule has 0 aromatic carbocycles. The third kappa shape index (κ3) is 6.22. The summed E-state index contributed by atoms with van der Waals surface area (Å²) in [7, 11) is 0. The molecule has 0 aromatic rings. The van der Waals surface area contributed by atoms with Crippen molar-refractivity contribution in [3.05, 3.63) is 10.4 Å². The van der Waals surface area contributed by atoms with E-state index >= 15 is 0 Å². The van der Waals surface area contributed by atoms with Gasteiger partial charge in [0, 0.05) is 32.6 Å². The average Bonchev–Trinajstić information content (AvgIpc) is 2.49. The molecule has 0 spiro atoms. The summed E-state index contributed by atoms with van der Waals surface area (Å²) in [4.78, 5) is 48.5. The normalized spacial score (nSPS) is 27.5. The molecular weight excluding hydrogens is 352 g/mol. The van der Waals surface area contributed by atoms with Crippen LogP contribution in [0.1, 0.15) is 27.7 Å². The number of carbonyl (C=O) groups excluding carboxylic acids is 4. The molecule has 1 fully saturated rings. The van der Waals surface area contributed by atoms with E-state index in [0.717, 1.165) is 20.8 Å². The molecule has 0 radical (unpaired) electrons. The van der Waals surface area contributed by atoms with Gasteiger partial charge in [0.1, 0.15) is 12.1 Å². The fourth-order valence-corrected chi connectivity index (χ4v) is 2.49. The van der Waals surface area contributed by atoms with Gasteiger partial charge in [-0.25, -0.2) is 0 Å². The number of hydrogen-bond acceptors (Lipinski definition) is 9. The maximum absolute atomic E-state index is 11.5. The van der Waals surface area contributed by atoms with Crippen molar-refractivity contribution in [2.75, 3.05) is 6.54 Å². The van der Waals surface area contributed by atoms with Crippen LogP contribution < -0.4 is 5.32 Å². The lowest BCUT2D eigenvalue weighted by molar-refractivity contribution is -0.262. The number of carbonyl (C=O) groups is 4. The summed E-state index contributed by atoms with van der Waals surface area (Å²) in [5.41, 5.74) is 8.53. The number of ether oxygens (including phenoxy) is 4. The second-order valence-electron chi connectivity index (χ2n) is 5.44. The molecule has 1 heterocycles. The second-order valence-corrected chi connectivity index (χ2v) is 5.44. The molecule has 0 aromatic heterocycles. The van der Waals surface area contributed by atoms with E-state index in [1.807, 2.05) is 0 Å². The maximum atomic E-state index is 11.5. The molecule has 0 saturated carbocycles. The van der Waals surface area contributed by atoms with Crippen LogP contribution in [0.4, 0.5) is 0 Å². The van der Waals surface area contributed by atoms with Gasteiger partial charge in [-0.3, -0.25) is 19.2 Å². The number of esters is 3. The number of hydrogen-bond donors (Lipinski definition) is 1. The number of azide groups is 1. The highest BCUT2D eigenvalue weighted by atomic mass is 16.7. The third-order valence-corrected chi connectivity index (χ3v) is 3.23. The summed E-state index contributed by atoms with van der Waals surface area (Å²) >= 11 is 0. The Balaban J connectivity index is 3.32. The van der Waals surface area contributed by atoms with Gasteiger partial charge in [0.05, 0.1) is 6.54 Å². The second kappa shape index (κ2) is 9.59. The lowest BCUT2D eigenvalue weighted by atomic mass is 9.95. The van der Waals surface area contributed by atoms with Crippen LogP contribution in [0.15, 0.2) is 5.11 Å². The van der Waals surface area contributed by atoms with Gasteiger partial charge in [-0.2, -0.15) is 0 Å². The van der Waals surface area contributed by atoms with Crippen molar-refractivity contribution >= 4 is 23.8 Å². The molecule has 0 bridgehead atoms. The molecule has 1 rings (SSSR count). The van der Waals surface area contributed by atoms with E-state index in [9.17, 15) is 19.2 Å². The first-order valence-electron chi connectivity index (χ1n) is 7.60. The third-order valence-electron chi connectivity index (χ3n) is 3.23. The van der Waals surface area contributed by atoms with E-state index in [2.05, 4.69) is 15.3 Å². The van der Waals surface area contributed by atoms with Gasteiger partial charge in [-0.15, -0.1) is 0 Å². The predicted molar refractivity (Wildman–Crippen MR) is 83.2 cm³/mol. The van der Waals surface area contributed by atoms with Crippen molar-refractivity contribution in [3.63, 3.8) is 0 Å². The summed E-state index contributed by atoms with van der Waals surface area (Å²) in [6, 6.07) is -1.15. The molecule has 0 aliphatic carbocycles. The number of rotatable bonds is 6. The Bertz CT molecular complexity index is 588. The van der Waals surface area contributed by atoms with Gasteiger partial charge >= 0.3 is 17.9 Å². The van der Waals surface area contributed by atoms with Crippen LogP contribution in [-0.2, 0) is 38.1 Å². The molecule has 1 aliphatic rings. The molecule has 5 atom stereocenters. The smallest absolute Gasteiger partial charge is 0.305 e. The molecule has 12 heteroatoms. The summed E-state index contributed by atoms with van der Waals surface area (Å²) in [6.45, 7) is 4.27. The summed E-state index contributed by atoms with van der Waals surface area (Å²) in [6.07, 6.45) is -4.87. The highest BCUT2D eigenvalue weighted by molar-refractivity contribution is 5.74. The first-order chi connectivity index (χ1) is 12.1. The maximum Gasteiger partial charge on any atom is 0.305 e. The molecule has 26 heavy (non-hydrogen) atoms. The van der Waals surface area contributed by atoms with Gasteiger partial charge in [0.2, 0.25) is 12.2 Å². The summed E-state index contributed by atoms with van der Waals surface area (Å²) in [5.74, 6) is -2.69. The van der Waals surface area contributed by atoms with Crippen molar-refractivity contribution in [2.24, 2.45) is 5.11 Å². The van der Waals surface area contributed by atoms with Gasteiger partial charge in [0.25, 0.3) is 0 Å². The van der Waals surface area contributed by atoms with E-state index in [-0.39, 0.29) is 6.54 Å². The quantitative estimate of drug-likeness (QED) is 0.223. The Hall–Kier alpha value is -2.85. The standard InChI is InChI=1S/C14H20N4O8/c1-6(19)17-11-13(24-8(3)21)12(23-7(2)20)10(5-16-18-15)26-14(11)25-9(4)22/h10-14H,5H2,1-4H3,(H,17,19)/t10?,11-,12+,13?,14+/m0/s1. The van der Waals surface area contributed by atoms with E-state index in [0.29, 0.717) is 0 Å². The average molecular weight is 372 g/mol. The molecule has 12 nitrogen and oxygen atoms in total. The van der Waals surface area contributed by atoms with Gasteiger partial charge < -0.3 is 24.3 Å². The minimum Gasteiger partial charge on any atom is -0.456 e. The summed E-state index contributed by atoms with van der Waals surface area (Å²) in [5, 5.41) is 5.82. The van der Waals surface area contributed by atoms with Crippen LogP contribution in [0.25, 0.3) is 10.4 Å². The van der Waals surface area contributed by atoms with Crippen molar-refractivity contribution in [1.82, 2.24) is 5.32 Å². The van der Waals surface area contributed by atoms with Crippen molar-refractivity contribution in [3.8, 4) is 0 Å². The zero-order valence-corrected chi connectivity index (χ0v) is 14.7. The highest BCUT2D eigenvalue weighted by Gasteiger charge is 2.51. The number of amides is 1. The topological polar surface area (TPSA) is 166 Å². The predicted octanol–water partition coefficient (Wildman–Crippen LogP) is -0.0472. The molecule has 1 N–H and O–H groups in total. The first-order valence-corrected chi connectivity index (χ1v) is 7.60. The lowest BCUT2D eigenvalue weighted by Gasteiger charge is -2.44. The van der Waals surface area contributed by atoms with Crippen molar-refractivity contribution < 1.29 is 38.1 Å². The monoisotopic (exact) mass is 372 g/mol. The fraction of sp³-hybridized carbons (Fsp3) is 0.714. The van der Waals surface area contributed by atoms with Crippen LogP contribution >= 0.6 is 0 Å². The van der Waals surface area contributed by atoms with Crippen LogP contribution in [0.2, 0.25) is 0 Å². The molecule has 2 unspecified atom stereocenters. The Labute approximate surface area is 148 Å². The van der Waals surface area contributed by atoms with Crippen LogP contribution in [0.5, 0.6) is 0 Å². The Morgan fingerprint density at radius 3 is 2.00 bits per heavy atom. The largest absolute Gasteiger partial charge is 0.456 e. The minimum atomic E-state index is -1.36. The van der Waals surface area contributed by atoms with Gasteiger partial charge in [0.15, 0.2) is 12.2 Å². The highest BCUT2D eigenvalue weighted by Crippen LogP contribution is 2.28.